The molecule has 0 fully saturated rings. The van der Waals surface area contributed by atoms with E-state index in [0.717, 1.165) is 23.3 Å². The zero-order chi connectivity index (χ0) is 17.5. The van der Waals surface area contributed by atoms with E-state index in [1.807, 2.05) is 72.1 Å². The molecule has 128 valence electrons. The minimum atomic E-state index is -0.0355. The van der Waals surface area contributed by atoms with Gasteiger partial charge in [-0.15, -0.1) is 11.3 Å². The summed E-state index contributed by atoms with van der Waals surface area (Å²) in [6.07, 6.45) is 0.852. The molecule has 0 bridgehead atoms. The molecule has 0 saturated carbocycles. The first-order valence-corrected chi connectivity index (χ1v) is 9.25. The molecule has 1 aromatic heterocycles. The first-order chi connectivity index (χ1) is 12.3. The van der Waals surface area contributed by atoms with E-state index >= 15 is 0 Å². The Morgan fingerprint density at radius 3 is 2.44 bits per heavy atom. The fourth-order valence-electron chi connectivity index (χ4n) is 2.59. The van der Waals surface area contributed by atoms with Gasteiger partial charge in [-0.25, -0.2) is 0 Å². The van der Waals surface area contributed by atoms with Gasteiger partial charge < -0.3 is 10.1 Å². The summed E-state index contributed by atoms with van der Waals surface area (Å²) in [4.78, 5) is 13.2. The standard InChI is InChI=1S/C21H21NO2S/c1-2-19(17-9-5-3-6-10-17)22-21(23)20-13-16(15-25-20)14-24-18-11-7-4-8-12-18/h3-13,15,19H,2,14H2,1H3,(H,22,23). The van der Waals surface area contributed by atoms with Crippen LogP contribution >= 0.6 is 11.3 Å². The molecular weight excluding hydrogens is 330 g/mol. The Hall–Kier alpha value is -2.59. The maximum Gasteiger partial charge on any atom is 0.261 e. The molecule has 1 N–H and O–H groups in total. The molecule has 0 aliphatic heterocycles. The highest BCUT2D eigenvalue weighted by atomic mass is 32.1. The van der Waals surface area contributed by atoms with Crippen LogP contribution in [0.25, 0.3) is 0 Å². The highest BCUT2D eigenvalue weighted by molar-refractivity contribution is 7.12. The Kier molecular flexibility index (Phi) is 5.86. The second-order valence-electron chi connectivity index (χ2n) is 5.77. The maximum atomic E-state index is 12.5. The van der Waals surface area contributed by atoms with Crippen LogP contribution < -0.4 is 10.1 Å². The Morgan fingerprint density at radius 1 is 1.08 bits per heavy atom. The average Bonchev–Trinajstić information content (AvgIpc) is 3.15. The first kappa shape index (κ1) is 17.2. The molecule has 3 aromatic rings. The van der Waals surface area contributed by atoms with Crippen molar-refractivity contribution in [3.05, 3.63) is 88.1 Å². The minimum Gasteiger partial charge on any atom is -0.489 e. The number of rotatable bonds is 7. The van der Waals surface area contributed by atoms with Crippen LogP contribution in [0.4, 0.5) is 0 Å². The van der Waals surface area contributed by atoms with Crippen LogP contribution in [-0.4, -0.2) is 5.91 Å². The van der Waals surface area contributed by atoms with Gasteiger partial charge in [0.2, 0.25) is 0 Å². The molecule has 25 heavy (non-hydrogen) atoms. The molecule has 0 aliphatic rings. The van der Waals surface area contributed by atoms with Crippen molar-refractivity contribution in [1.29, 1.82) is 0 Å². The molecule has 0 radical (unpaired) electrons. The summed E-state index contributed by atoms with van der Waals surface area (Å²) in [5, 5.41) is 5.09. The fraction of sp³-hybridized carbons (Fsp3) is 0.190. The summed E-state index contributed by atoms with van der Waals surface area (Å²) in [6.45, 7) is 2.54. The summed E-state index contributed by atoms with van der Waals surface area (Å²) >= 11 is 1.45. The van der Waals surface area contributed by atoms with E-state index in [0.29, 0.717) is 11.5 Å². The molecule has 2 aromatic carbocycles. The Labute approximate surface area is 152 Å². The molecule has 1 atom stereocenters. The summed E-state index contributed by atoms with van der Waals surface area (Å²) in [7, 11) is 0. The molecule has 3 nitrogen and oxygen atoms in total. The van der Waals surface area contributed by atoms with Crippen molar-refractivity contribution in [2.45, 2.75) is 26.0 Å². The van der Waals surface area contributed by atoms with Gasteiger partial charge in [0.05, 0.1) is 10.9 Å². The monoisotopic (exact) mass is 351 g/mol. The third-order valence-corrected chi connectivity index (χ3v) is 4.92. The van der Waals surface area contributed by atoms with Crippen molar-refractivity contribution < 1.29 is 9.53 Å². The van der Waals surface area contributed by atoms with Crippen LogP contribution in [0.15, 0.2) is 72.1 Å². The van der Waals surface area contributed by atoms with Gasteiger partial charge in [-0.3, -0.25) is 4.79 Å². The second-order valence-corrected chi connectivity index (χ2v) is 6.68. The molecule has 4 heteroatoms. The first-order valence-electron chi connectivity index (χ1n) is 8.37. The van der Waals surface area contributed by atoms with Crippen LogP contribution in [0.2, 0.25) is 0 Å². The number of amides is 1. The Morgan fingerprint density at radius 2 is 1.76 bits per heavy atom. The predicted octanol–water partition coefficient (Wildman–Crippen LogP) is 5.21. The molecule has 0 aliphatic carbocycles. The SMILES string of the molecule is CCC(NC(=O)c1cc(COc2ccccc2)cs1)c1ccccc1. The van der Waals surface area contributed by atoms with Crippen LogP contribution in [0.1, 0.15) is 40.2 Å². The van der Waals surface area contributed by atoms with Gasteiger partial charge in [0, 0.05) is 5.56 Å². The third-order valence-electron chi connectivity index (χ3n) is 3.94. The molecule has 1 amide bonds. The van der Waals surface area contributed by atoms with Gasteiger partial charge in [0.25, 0.3) is 5.91 Å². The van der Waals surface area contributed by atoms with Crippen molar-refractivity contribution in [2.75, 3.05) is 0 Å². The van der Waals surface area contributed by atoms with Crippen LogP contribution in [0, 0.1) is 0 Å². The Bertz CT molecular complexity index is 799. The number of carbonyl (C=O) groups is 1. The summed E-state index contributed by atoms with van der Waals surface area (Å²) in [5.74, 6) is 0.793. The van der Waals surface area contributed by atoms with Gasteiger partial charge >= 0.3 is 0 Å². The number of nitrogens with one attached hydrogen (secondary N) is 1. The van der Waals surface area contributed by atoms with E-state index in [1.54, 1.807) is 0 Å². The highest BCUT2D eigenvalue weighted by Crippen LogP contribution is 2.21. The second kappa shape index (κ2) is 8.49. The predicted molar refractivity (Wildman–Crippen MR) is 102 cm³/mol. The summed E-state index contributed by atoms with van der Waals surface area (Å²) in [5.41, 5.74) is 2.13. The van der Waals surface area contributed by atoms with Crippen molar-refractivity contribution in [3.63, 3.8) is 0 Å². The molecule has 1 heterocycles. The zero-order valence-electron chi connectivity index (χ0n) is 14.1. The molecule has 1 unspecified atom stereocenters. The fourth-order valence-corrected chi connectivity index (χ4v) is 3.39. The van der Waals surface area contributed by atoms with Gasteiger partial charge in [0.1, 0.15) is 12.4 Å². The quantitative estimate of drug-likeness (QED) is 0.635. The van der Waals surface area contributed by atoms with Gasteiger partial charge in [-0.05, 0) is 35.6 Å². The van der Waals surface area contributed by atoms with E-state index in [4.69, 9.17) is 4.74 Å². The van der Waals surface area contributed by atoms with Crippen LogP contribution in [-0.2, 0) is 6.61 Å². The smallest absolute Gasteiger partial charge is 0.261 e. The van der Waals surface area contributed by atoms with E-state index in [-0.39, 0.29) is 11.9 Å². The molecule has 3 rings (SSSR count). The Balaban J connectivity index is 1.60. The number of benzene rings is 2. The number of para-hydroxylation sites is 1. The van der Waals surface area contributed by atoms with E-state index < -0.39 is 0 Å². The summed E-state index contributed by atoms with van der Waals surface area (Å²) in [6, 6.07) is 21.7. The van der Waals surface area contributed by atoms with Crippen molar-refractivity contribution >= 4 is 17.2 Å². The normalized spacial score (nSPS) is 11.7. The van der Waals surface area contributed by atoms with E-state index in [2.05, 4.69) is 12.2 Å². The van der Waals surface area contributed by atoms with Gasteiger partial charge in [-0.2, -0.15) is 0 Å². The van der Waals surface area contributed by atoms with Crippen molar-refractivity contribution in [2.24, 2.45) is 0 Å². The molecule has 0 spiro atoms. The number of hydrogen-bond acceptors (Lipinski definition) is 3. The van der Waals surface area contributed by atoms with Gasteiger partial charge in [-0.1, -0.05) is 55.5 Å². The lowest BCUT2D eigenvalue weighted by Crippen LogP contribution is -2.27. The van der Waals surface area contributed by atoms with Crippen LogP contribution in [0.3, 0.4) is 0 Å². The number of carbonyl (C=O) groups excluding carboxylic acids is 1. The van der Waals surface area contributed by atoms with Crippen molar-refractivity contribution in [1.82, 2.24) is 5.32 Å². The molecule has 0 saturated heterocycles. The zero-order valence-corrected chi connectivity index (χ0v) is 15.0. The third kappa shape index (κ3) is 4.70. The lowest BCUT2D eigenvalue weighted by molar-refractivity contribution is 0.0939. The number of hydrogen-bond donors (Lipinski definition) is 1. The topological polar surface area (TPSA) is 38.3 Å². The number of ether oxygens (including phenoxy) is 1. The minimum absolute atomic E-state index is 0.0276. The van der Waals surface area contributed by atoms with E-state index in [1.165, 1.54) is 11.3 Å². The van der Waals surface area contributed by atoms with E-state index in [9.17, 15) is 4.79 Å². The lowest BCUT2D eigenvalue weighted by Gasteiger charge is -2.16. The van der Waals surface area contributed by atoms with Crippen molar-refractivity contribution in [3.8, 4) is 5.75 Å². The summed E-state index contributed by atoms with van der Waals surface area (Å²) < 4.78 is 5.73. The highest BCUT2D eigenvalue weighted by Gasteiger charge is 2.15. The maximum absolute atomic E-state index is 12.5. The largest absolute Gasteiger partial charge is 0.489 e. The average molecular weight is 351 g/mol. The van der Waals surface area contributed by atoms with Crippen LogP contribution in [0.5, 0.6) is 5.75 Å². The van der Waals surface area contributed by atoms with Gasteiger partial charge in [0.15, 0.2) is 0 Å². The lowest BCUT2D eigenvalue weighted by atomic mass is 10.0. The molecular formula is C21H21NO2S. The number of thiophene rings is 1.